The molecule has 0 atom stereocenters. The minimum absolute atomic E-state index is 0.0105. The first kappa shape index (κ1) is 26.8. The molecule has 2 aromatic heterocycles. The van der Waals surface area contributed by atoms with Crippen LogP contribution in [-0.2, 0) is 12.7 Å². The predicted molar refractivity (Wildman–Crippen MR) is 141 cm³/mol. The normalized spacial score (nSPS) is 15.7. The number of hydrogen-bond donors (Lipinski definition) is 0. The molecule has 11 heteroatoms. The standard InChI is InChI=1S/C28H28F4N6O/c1-18-13-23-24(38(18)19(2)35-21-6-4-5-20(14-21)28(30,31)32)7-8-25(27(23)29)39-26-15-22(33-17-34-26)16-37-11-9-36(3)10-12-37/h4-8,13-15,17H,9-12,16H2,1-3H3. The molecule has 1 aliphatic heterocycles. The maximum Gasteiger partial charge on any atom is 0.416 e. The number of aryl methyl sites for hydroxylation is 1. The highest BCUT2D eigenvalue weighted by molar-refractivity contribution is 5.97. The fourth-order valence-electron chi connectivity index (χ4n) is 4.72. The van der Waals surface area contributed by atoms with Gasteiger partial charge >= 0.3 is 6.18 Å². The molecule has 204 valence electrons. The van der Waals surface area contributed by atoms with Crippen LogP contribution in [0.4, 0.5) is 23.2 Å². The lowest BCUT2D eigenvalue weighted by Gasteiger charge is -2.31. The van der Waals surface area contributed by atoms with Crippen LogP contribution in [0.1, 0.15) is 23.9 Å². The van der Waals surface area contributed by atoms with E-state index in [2.05, 4.69) is 31.8 Å². The Balaban J connectivity index is 1.39. The van der Waals surface area contributed by atoms with Crippen LogP contribution in [0.25, 0.3) is 10.9 Å². The first-order chi connectivity index (χ1) is 18.6. The molecule has 7 nitrogen and oxygen atoms in total. The molecule has 0 saturated carbocycles. The first-order valence-corrected chi connectivity index (χ1v) is 12.5. The summed E-state index contributed by atoms with van der Waals surface area (Å²) >= 11 is 0. The van der Waals surface area contributed by atoms with E-state index < -0.39 is 17.6 Å². The van der Waals surface area contributed by atoms with Gasteiger partial charge in [0.05, 0.1) is 22.5 Å². The average Bonchev–Trinajstić information content (AvgIpc) is 3.24. The molecule has 1 aliphatic rings. The summed E-state index contributed by atoms with van der Waals surface area (Å²) in [6.07, 6.45) is -3.06. The van der Waals surface area contributed by atoms with Crippen molar-refractivity contribution in [2.45, 2.75) is 26.6 Å². The van der Waals surface area contributed by atoms with Gasteiger partial charge in [-0.2, -0.15) is 13.2 Å². The summed E-state index contributed by atoms with van der Waals surface area (Å²) in [6.45, 7) is 7.95. The third-order valence-corrected chi connectivity index (χ3v) is 6.75. The van der Waals surface area contributed by atoms with Gasteiger partial charge in [-0.25, -0.2) is 19.4 Å². The van der Waals surface area contributed by atoms with Crippen LogP contribution in [0.3, 0.4) is 0 Å². The van der Waals surface area contributed by atoms with Crippen molar-refractivity contribution >= 4 is 22.4 Å². The molecule has 0 bridgehead atoms. The summed E-state index contributed by atoms with van der Waals surface area (Å²) in [6, 6.07) is 11.3. The van der Waals surface area contributed by atoms with Crippen LogP contribution >= 0.6 is 0 Å². The summed E-state index contributed by atoms with van der Waals surface area (Å²) in [5.41, 5.74) is 1.35. The molecule has 0 unspecified atom stereocenters. The molecular formula is C28H28F4N6O. The van der Waals surface area contributed by atoms with E-state index in [1.807, 2.05) is 0 Å². The average molecular weight is 541 g/mol. The zero-order chi connectivity index (χ0) is 27.7. The molecule has 2 aromatic carbocycles. The molecule has 3 heterocycles. The largest absolute Gasteiger partial charge is 0.436 e. The van der Waals surface area contributed by atoms with Crippen molar-refractivity contribution in [1.82, 2.24) is 24.3 Å². The van der Waals surface area contributed by atoms with E-state index in [9.17, 15) is 13.2 Å². The summed E-state index contributed by atoms with van der Waals surface area (Å²) in [5.74, 6) is 0.0851. The lowest BCUT2D eigenvalue weighted by atomic mass is 10.2. The van der Waals surface area contributed by atoms with Crippen molar-refractivity contribution in [2.24, 2.45) is 4.99 Å². The number of hydrogen-bond acceptors (Lipinski definition) is 6. The molecule has 1 saturated heterocycles. The Hall–Kier alpha value is -3.83. The van der Waals surface area contributed by atoms with E-state index in [4.69, 9.17) is 4.74 Å². The maximum absolute atomic E-state index is 15.6. The minimum Gasteiger partial charge on any atom is -0.436 e. The molecule has 4 aromatic rings. The van der Waals surface area contributed by atoms with E-state index in [1.165, 1.54) is 24.5 Å². The quantitative estimate of drug-likeness (QED) is 0.176. The minimum atomic E-state index is -4.47. The van der Waals surface area contributed by atoms with Gasteiger partial charge < -0.3 is 14.2 Å². The summed E-state index contributed by atoms with van der Waals surface area (Å²) in [4.78, 5) is 17.4. The molecule has 0 N–H and O–H groups in total. The van der Waals surface area contributed by atoms with Crippen LogP contribution in [0, 0.1) is 12.7 Å². The van der Waals surface area contributed by atoms with Crippen LogP contribution in [0.5, 0.6) is 11.6 Å². The number of halogens is 4. The smallest absolute Gasteiger partial charge is 0.416 e. The Morgan fingerprint density at radius 2 is 1.79 bits per heavy atom. The zero-order valence-electron chi connectivity index (χ0n) is 21.8. The highest BCUT2D eigenvalue weighted by Gasteiger charge is 2.30. The molecule has 0 spiro atoms. The molecular weight excluding hydrogens is 512 g/mol. The van der Waals surface area contributed by atoms with Crippen molar-refractivity contribution < 1.29 is 22.3 Å². The van der Waals surface area contributed by atoms with E-state index in [-0.39, 0.29) is 17.3 Å². The number of aromatic nitrogens is 3. The molecule has 0 radical (unpaired) electrons. The molecule has 5 rings (SSSR count). The van der Waals surface area contributed by atoms with Crippen molar-refractivity contribution in [3.8, 4) is 11.6 Å². The second-order valence-electron chi connectivity index (χ2n) is 9.67. The predicted octanol–water partition coefficient (Wildman–Crippen LogP) is 6.04. The Bertz CT molecular complexity index is 1520. The highest BCUT2D eigenvalue weighted by atomic mass is 19.4. The van der Waals surface area contributed by atoms with Crippen molar-refractivity contribution in [2.75, 3.05) is 33.2 Å². The third kappa shape index (κ3) is 5.94. The fourth-order valence-corrected chi connectivity index (χ4v) is 4.72. The Morgan fingerprint density at radius 3 is 2.54 bits per heavy atom. The van der Waals surface area contributed by atoms with Crippen LogP contribution in [0.15, 0.2) is 59.9 Å². The van der Waals surface area contributed by atoms with E-state index >= 15 is 4.39 Å². The lowest BCUT2D eigenvalue weighted by molar-refractivity contribution is -0.137. The van der Waals surface area contributed by atoms with Crippen LogP contribution < -0.4 is 4.74 Å². The van der Waals surface area contributed by atoms with Gasteiger partial charge in [0.1, 0.15) is 12.2 Å². The number of aliphatic imine (C=N–C) groups is 1. The summed E-state index contributed by atoms with van der Waals surface area (Å²) < 4.78 is 62.4. The third-order valence-electron chi connectivity index (χ3n) is 6.75. The number of benzene rings is 2. The second kappa shape index (κ2) is 10.7. The van der Waals surface area contributed by atoms with Crippen molar-refractivity contribution in [3.05, 3.63) is 77.6 Å². The Morgan fingerprint density at radius 1 is 1.03 bits per heavy atom. The number of alkyl halides is 3. The van der Waals surface area contributed by atoms with Gasteiger partial charge in [0.25, 0.3) is 0 Å². The van der Waals surface area contributed by atoms with Gasteiger partial charge in [-0.3, -0.25) is 4.90 Å². The topological polar surface area (TPSA) is 58.8 Å². The molecule has 0 amide bonds. The first-order valence-electron chi connectivity index (χ1n) is 12.5. The number of piperazine rings is 1. The molecule has 1 fully saturated rings. The number of rotatable bonds is 5. The van der Waals surface area contributed by atoms with Crippen molar-refractivity contribution in [3.63, 3.8) is 0 Å². The number of ether oxygens (including phenoxy) is 1. The second-order valence-corrected chi connectivity index (χ2v) is 9.67. The summed E-state index contributed by atoms with van der Waals surface area (Å²) in [5, 5.41) is 0.301. The highest BCUT2D eigenvalue weighted by Crippen LogP contribution is 2.33. The fraction of sp³-hybridized carbons (Fsp3) is 0.321. The van der Waals surface area contributed by atoms with Gasteiger partial charge in [-0.05, 0) is 57.3 Å². The number of nitrogens with zero attached hydrogens (tertiary/aromatic N) is 6. The Labute approximate surface area is 223 Å². The van der Waals surface area contributed by atoms with Gasteiger partial charge in [0.15, 0.2) is 11.6 Å². The molecule has 39 heavy (non-hydrogen) atoms. The molecule has 0 aliphatic carbocycles. The SMILES string of the molecule is CC(=Nc1cccc(C(F)(F)F)c1)n1c(C)cc2c(F)c(Oc3cc(CN4CCN(C)CC4)ncn3)ccc21. The van der Waals surface area contributed by atoms with Gasteiger partial charge in [0.2, 0.25) is 5.88 Å². The van der Waals surface area contributed by atoms with Crippen molar-refractivity contribution in [1.29, 1.82) is 0 Å². The Kier molecular flexibility index (Phi) is 7.37. The summed E-state index contributed by atoms with van der Waals surface area (Å²) in [7, 11) is 2.10. The van der Waals surface area contributed by atoms with Gasteiger partial charge in [-0.15, -0.1) is 0 Å². The van der Waals surface area contributed by atoms with Gasteiger partial charge in [-0.1, -0.05) is 6.07 Å². The number of likely N-dealkylation sites (N-methyl/N-ethyl adjacent to an activating group) is 1. The van der Waals surface area contributed by atoms with E-state index in [0.717, 1.165) is 44.0 Å². The van der Waals surface area contributed by atoms with Crippen LogP contribution in [-0.4, -0.2) is 63.4 Å². The van der Waals surface area contributed by atoms with Gasteiger partial charge in [0, 0.05) is 49.9 Å². The zero-order valence-corrected chi connectivity index (χ0v) is 21.8. The van der Waals surface area contributed by atoms with E-state index in [0.29, 0.717) is 29.0 Å². The van der Waals surface area contributed by atoms with Crippen LogP contribution in [0.2, 0.25) is 0 Å². The maximum atomic E-state index is 15.6. The monoisotopic (exact) mass is 540 g/mol. The van der Waals surface area contributed by atoms with E-state index in [1.54, 1.807) is 36.6 Å². The number of fused-ring (bicyclic) bond motifs is 1. The lowest BCUT2D eigenvalue weighted by Crippen LogP contribution is -2.44.